The number of carbonyl (C=O) groups excluding carboxylic acids is 2. The van der Waals surface area contributed by atoms with Crippen molar-refractivity contribution in [2.75, 3.05) is 19.5 Å². The molecule has 0 bridgehead atoms. The van der Waals surface area contributed by atoms with Crippen LogP contribution in [0.2, 0.25) is 5.15 Å². The minimum Gasteiger partial charge on any atom is -0.444 e. The number of hydrogen-bond donors (Lipinski definition) is 2. The minimum atomic E-state index is -0.512. The van der Waals surface area contributed by atoms with E-state index in [1.54, 1.807) is 6.07 Å². The molecule has 0 aromatic carbocycles. The molecular formula is C19H29ClN4O4. The van der Waals surface area contributed by atoms with Crippen molar-refractivity contribution in [2.45, 2.75) is 64.1 Å². The van der Waals surface area contributed by atoms with Gasteiger partial charge in [-0.05, 0) is 52.5 Å². The summed E-state index contributed by atoms with van der Waals surface area (Å²) in [6.07, 6.45) is 4.37. The number of hydroxylamine groups is 2. The fourth-order valence-corrected chi connectivity index (χ4v) is 3.21. The van der Waals surface area contributed by atoms with Gasteiger partial charge in [-0.2, -0.15) is 0 Å². The van der Waals surface area contributed by atoms with Crippen LogP contribution < -0.4 is 10.6 Å². The molecule has 2 amide bonds. The Morgan fingerprint density at radius 2 is 1.82 bits per heavy atom. The van der Waals surface area contributed by atoms with Crippen molar-refractivity contribution in [1.29, 1.82) is 0 Å². The number of aromatic nitrogens is 1. The normalized spacial score (nSPS) is 19.6. The van der Waals surface area contributed by atoms with Gasteiger partial charge in [0.15, 0.2) is 0 Å². The van der Waals surface area contributed by atoms with Crippen molar-refractivity contribution in [3.05, 3.63) is 23.0 Å². The lowest BCUT2D eigenvalue weighted by atomic mass is 9.91. The molecule has 9 heteroatoms. The number of ether oxygens (including phenoxy) is 1. The van der Waals surface area contributed by atoms with Crippen LogP contribution in [-0.4, -0.2) is 53.9 Å². The molecule has 0 atom stereocenters. The highest BCUT2D eigenvalue weighted by molar-refractivity contribution is 6.29. The number of halogens is 1. The van der Waals surface area contributed by atoms with Gasteiger partial charge in [0.1, 0.15) is 10.8 Å². The van der Waals surface area contributed by atoms with Crippen LogP contribution in [0.1, 0.15) is 56.8 Å². The quantitative estimate of drug-likeness (QED) is 0.566. The predicted octanol–water partition coefficient (Wildman–Crippen LogP) is 3.62. The topological polar surface area (TPSA) is 92.8 Å². The van der Waals surface area contributed by atoms with E-state index in [9.17, 15) is 9.59 Å². The van der Waals surface area contributed by atoms with Crippen LogP contribution in [0.4, 0.5) is 10.5 Å². The SMILES string of the molecule is CON(C)C(=O)c1cnc(Cl)cc1N[C@H]1CC[C@@H](NC(=O)OC(C)(C)C)CC1. The lowest BCUT2D eigenvalue weighted by Crippen LogP contribution is -2.42. The maximum atomic E-state index is 12.5. The standard InChI is InChI=1S/C19H29ClN4O4/c1-19(2,3)28-18(26)23-13-8-6-12(7-9-13)22-15-10-16(20)21-11-14(15)17(25)24(4)27-5/h10-13H,6-9H2,1-5H3,(H,21,22)(H,23,26)/t12-,13+. The molecule has 0 unspecified atom stereocenters. The summed E-state index contributed by atoms with van der Waals surface area (Å²) in [6.45, 7) is 5.52. The molecule has 1 fully saturated rings. The fraction of sp³-hybridized carbons (Fsp3) is 0.632. The monoisotopic (exact) mass is 412 g/mol. The molecule has 1 aliphatic rings. The zero-order valence-corrected chi connectivity index (χ0v) is 17.8. The summed E-state index contributed by atoms with van der Waals surface area (Å²) in [5, 5.41) is 7.76. The van der Waals surface area contributed by atoms with E-state index in [0.717, 1.165) is 30.7 Å². The van der Waals surface area contributed by atoms with Crippen molar-refractivity contribution in [3.8, 4) is 0 Å². The van der Waals surface area contributed by atoms with Crippen LogP contribution in [-0.2, 0) is 9.57 Å². The molecule has 0 aliphatic heterocycles. The molecule has 1 heterocycles. The summed E-state index contributed by atoms with van der Waals surface area (Å²) in [7, 11) is 2.96. The van der Waals surface area contributed by atoms with Crippen molar-refractivity contribution in [3.63, 3.8) is 0 Å². The Bertz CT molecular complexity index is 700. The zero-order chi connectivity index (χ0) is 20.9. The average molecular weight is 413 g/mol. The van der Waals surface area contributed by atoms with Crippen molar-refractivity contribution in [1.82, 2.24) is 15.4 Å². The van der Waals surface area contributed by atoms with Gasteiger partial charge in [0.25, 0.3) is 5.91 Å². The lowest BCUT2D eigenvalue weighted by Gasteiger charge is -2.31. The first kappa shape index (κ1) is 22.2. The number of rotatable bonds is 5. The third-order valence-corrected chi connectivity index (χ3v) is 4.68. The van der Waals surface area contributed by atoms with E-state index >= 15 is 0 Å². The molecule has 1 saturated carbocycles. The summed E-state index contributed by atoms with van der Waals surface area (Å²) in [5.41, 5.74) is 0.502. The second-order valence-corrected chi connectivity index (χ2v) is 8.26. The van der Waals surface area contributed by atoms with Gasteiger partial charge >= 0.3 is 6.09 Å². The first-order valence-corrected chi connectivity index (χ1v) is 9.70. The number of hydrogen-bond acceptors (Lipinski definition) is 6. The fourth-order valence-electron chi connectivity index (χ4n) is 3.05. The summed E-state index contributed by atoms with van der Waals surface area (Å²) >= 11 is 6.02. The molecule has 2 N–H and O–H groups in total. The number of nitrogens with one attached hydrogen (secondary N) is 2. The number of alkyl carbamates (subject to hydrolysis) is 1. The number of carbonyl (C=O) groups is 2. The van der Waals surface area contributed by atoms with Crippen LogP contribution in [0, 0.1) is 0 Å². The molecule has 1 aliphatic carbocycles. The second-order valence-electron chi connectivity index (χ2n) is 7.88. The molecule has 1 aromatic heterocycles. The number of amides is 2. The molecule has 28 heavy (non-hydrogen) atoms. The third kappa shape index (κ3) is 6.53. The summed E-state index contributed by atoms with van der Waals surface area (Å²) in [5.74, 6) is -0.311. The van der Waals surface area contributed by atoms with E-state index in [-0.39, 0.29) is 24.1 Å². The first-order chi connectivity index (χ1) is 13.1. The molecule has 0 spiro atoms. The van der Waals surface area contributed by atoms with E-state index in [0.29, 0.717) is 16.4 Å². The average Bonchev–Trinajstić information content (AvgIpc) is 2.60. The third-order valence-electron chi connectivity index (χ3n) is 4.47. The van der Waals surface area contributed by atoms with Crippen molar-refractivity contribution < 1.29 is 19.2 Å². The summed E-state index contributed by atoms with van der Waals surface area (Å²) in [4.78, 5) is 33.4. The lowest BCUT2D eigenvalue weighted by molar-refractivity contribution is -0.0756. The number of nitrogens with zero attached hydrogens (tertiary/aromatic N) is 2. The van der Waals surface area contributed by atoms with Gasteiger partial charge in [0, 0.05) is 25.3 Å². The highest BCUT2D eigenvalue weighted by Gasteiger charge is 2.26. The van der Waals surface area contributed by atoms with Gasteiger partial charge in [-0.25, -0.2) is 14.8 Å². The molecule has 156 valence electrons. The van der Waals surface area contributed by atoms with Crippen LogP contribution in [0.5, 0.6) is 0 Å². The Morgan fingerprint density at radius 1 is 1.21 bits per heavy atom. The number of anilines is 1. The van der Waals surface area contributed by atoms with Crippen molar-refractivity contribution >= 4 is 29.3 Å². The van der Waals surface area contributed by atoms with Gasteiger partial charge in [0.05, 0.1) is 18.4 Å². The molecule has 1 aromatic rings. The smallest absolute Gasteiger partial charge is 0.407 e. The van der Waals surface area contributed by atoms with Crippen LogP contribution in [0.25, 0.3) is 0 Å². The Balaban J connectivity index is 1.95. The first-order valence-electron chi connectivity index (χ1n) is 9.33. The van der Waals surface area contributed by atoms with Gasteiger partial charge in [-0.15, -0.1) is 0 Å². The van der Waals surface area contributed by atoms with E-state index < -0.39 is 5.60 Å². The zero-order valence-electron chi connectivity index (χ0n) is 17.0. The molecule has 0 radical (unpaired) electrons. The van der Waals surface area contributed by atoms with Crippen LogP contribution in [0.15, 0.2) is 12.3 Å². The highest BCUT2D eigenvalue weighted by atomic mass is 35.5. The second kappa shape index (κ2) is 9.43. The summed E-state index contributed by atoms with van der Waals surface area (Å²) < 4.78 is 5.31. The Kier molecular flexibility index (Phi) is 7.48. The van der Waals surface area contributed by atoms with Gasteiger partial charge in [0.2, 0.25) is 0 Å². The van der Waals surface area contributed by atoms with E-state index in [2.05, 4.69) is 15.6 Å². The van der Waals surface area contributed by atoms with Gasteiger partial charge in [-0.3, -0.25) is 9.63 Å². The van der Waals surface area contributed by atoms with Crippen molar-refractivity contribution in [2.24, 2.45) is 0 Å². The Labute approximate surface area is 170 Å². The highest BCUT2D eigenvalue weighted by Crippen LogP contribution is 2.26. The Hall–Kier alpha value is -2.06. The largest absolute Gasteiger partial charge is 0.444 e. The maximum Gasteiger partial charge on any atom is 0.407 e. The van der Waals surface area contributed by atoms with Crippen LogP contribution >= 0.6 is 11.6 Å². The maximum absolute atomic E-state index is 12.5. The molecule has 2 rings (SSSR count). The van der Waals surface area contributed by atoms with E-state index in [4.69, 9.17) is 21.2 Å². The number of pyridine rings is 1. The van der Waals surface area contributed by atoms with Crippen LogP contribution in [0.3, 0.4) is 0 Å². The minimum absolute atomic E-state index is 0.0784. The summed E-state index contributed by atoms with van der Waals surface area (Å²) in [6, 6.07) is 1.88. The van der Waals surface area contributed by atoms with E-state index in [1.807, 2.05) is 20.8 Å². The molecular weight excluding hydrogens is 384 g/mol. The van der Waals surface area contributed by atoms with Gasteiger partial charge < -0.3 is 15.4 Å². The van der Waals surface area contributed by atoms with Gasteiger partial charge in [-0.1, -0.05) is 11.6 Å². The molecule has 0 saturated heterocycles. The predicted molar refractivity (Wildman–Crippen MR) is 107 cm³/mol. The molecule has 8 nitrogen and oxygen atoms in total. The van der Waals surface area contributed by atoms with E-state index in [1.165, 1.54) is 20.4 Å². The Morgan fingerprint density at radius 3 is 2.39 bits per heavy atom.